The van der Waals surface area contributed by atoms with Crippen LogP contribution in [0, 0.1) is 11.8 Å². The van der Waals surface area contributed by atoms with E-state index in [9.17, 15) is 4.79 Å². The molecular weight excluding hydrogens is 248 g/mol. The summed E-state index contributed by atoms with van der Waals surface area (Å²) in [6.07, 6.45) is 3.25. The van der Waals surface area contributed by atoms with E-state index < -0.39 is 0 Å². The van der Waals surface area contributed by atoms with Gasteiger partial charge >= 0.3 is 0 Å². The summed E-state index contributed by atoms with van der Waals surface area (Å²) in [5.41, 5.74) is 1.33. The van der Waals surface area contributed by atoms with Gasteiger partial charge in [0, 0.05) is 25.0 Å². The third-order valence-corrected chi connectivity index (χ3v) is 3.67. The molecule has 1 fully saturated rings. The molecular formula is C17H26N2O. The highest BCUT2D eigenvalue weighted by Gasteiger charge is 2.29. The quantitative estimate of drug-likeness (QED) is 0.716. The van der Waals surface area contributed by atoms with Gasteiger partial charge in [-0.3, -0.25) is 4.79 Å². The van der Waals surface area contributed by atoms with E-state index in [0.29, 0.717) is 17.9 Å². The summed E-state index contributed by atoms with van der Waals surface area (Å²) in [7, 11) is 0. The molecule has 0 bridgehead atoms. The van der Waals surface area contributed by atoms with Crippen molar-refractivity contribution in [2.45, 2.75) is 39.2 Å². The number of benzene rings is 1. The molecule has 1 saturated carbocycles. The second-order valence-electron chi connectivity index (χ2n) is 6.11. The van der Waals surface area contributed by atoms with Crippen LogP contribution in [0.2, 0.25) is 0 Å². The number of hydrogen-bond donors (Lipinski definition) is 2. The van der Waals surface area contributed by atoms with Crippen LogP contribution in [0.15, 0.2) is 30.3 Å². The minimum atomic E-state index is 0.229. The highest BCUT2D eigenvalue weighted by Crippen LogP contribution is 2.28. The van der Waals surface area contributed by atoms with Gasteiger partial charge in [-0.15, -0.1) is 0 Å². The summed E-state index contributed by atoms with van der Waals surface area (Å²) in [5.74, 6) is 1.18. The lowest BCUT2D eigenvalue weighted by molar-refractivity contribution is -0.122. The monoisotopic (exact) mass is 274 g/mol. The number of rotatable bonds is 8. The summed E-state index contributed by atoms with van der Waals surface area (Å²) < 4.78 is 0. The molecule has 1 unspecified atom stereocenters. The molecule has 0 aromatic heterocycles. The minimum Gasteiger partial charge on any atom is -0.355 e. The Labute approximate surface area is 122 Å². The van der Waals surface area contributed by atoms with Gasteiger partial charge in [-0.25, -0.2) is 0 Å². The minimum absolute atomic E-state index is 0.229. The molecule has 1 atom stereocenters. The fourth-order valence-corrected chi connectivity index (χ4v) is 2.42. The van der Waals surface area contributed by atoms with E-state index in [4.69, 9.17) is 0 Å². The van der Waals surface area contributed by atoms with Crippen LogP contribution in [0.3, 0.4) is 0 Å². The Balaban J connectivity index is 1.77. The second-order valence-corrected chi connectivity index (χ2v) is 6.11. The van der Waals surface area contributed by atoms with E-state index in [1.165, 1.54) is 5.56 Å². The van der Waals surface area contributed by atoms with Crippen molar-refractivity contribution in [3.63, 3.8) is 0 Å². The Morgan fingerprint density at radius 1 is 1.20 bits per heavy atom. The van der Waals surface area contributed by atoms with Crippen LogP contribution in [0.4, 0.5) is 0 Å². The summed E-state index contributed by atoms with van der Waals surface area (Å²) in [4.78, 5) is 11.6. The maximum atomic E-state index is 11.6. The maximum absolute atomic E-state index is 11.6. The average Bonchev–Trinajstić information content (AvgIpc) is 3.27. The van der Waals surface area contributed by atoms with E-state index in [0.717, 1.165) is 32.4 Å². The number of nitrogens with one attached hydrogen (secondary N) is 2. The topological polar surface area (TPSA) is 41.1 Å². The zero-order valence-electron chi connectivity index (χ0n) is 12.6. The van der Waals surface area contributed by atoms with Gasteiger partial charge in [-0.05, 0) is 30.7 Å². The molecule has 0 radical (unpaired) electrons. The molecule has 1 aromatic carbocycles. The third kappa shape index (κ3) is 4.97. The standard InChI is InChI=1S/C17H26N2O/c1-13(2)12-16(14-6-4-3-5-7-14)18-10-11-19-17(20)15-8-9-15/h3-7,13,15-16,18H,8-12H2,1-2H3,(H,19,20). The van der Waals surface area contributed by atoms with Crippen LogP contribution >= 0.6 is 0 Å². The molecule has 3 heteroatoms. The van der Waals surface area contributed by atoms with Crippen molar-refractivity contribution < 1.29 is 4.79 Å². The predicted molar refractivity (Wildman–Crippen MR) is 82.4 cm³/mol. The van der Waals surface area contributed by atoms with Crippen molar-refractivity contribution in [3.05, 3.63) is 35.9 Å². The van der Waals surface area contributed by atoms with Crippen LogP contribution in [0.5, 0.6) is 0 Å². The van der Waals surface area contributed by atoms with E-state index in [-0.39, 0.29) is 5.91 Å². The number of carbonyl (C=O) groups excluding carboxylic acids is 1. The Bertz CT molecular complexity index is 412. The summed E-state index contributed by atoms with van der Waals surface area (Å²) in [6, 6.07) is 10.9. The normalized spacial score (nSPS) is 16.1. The Morgan fingerprint density at radius 2 is 1.90 bits per heavy atom. The number of amides is 1. The number of hydrogen-bond acceptors (Lipinski definition) is 2. The largest absolute Gasteiger partial charge is 0.355 e. The van der Waals surface area contributed by atoms with Crippen molar-refractivity contribution >= 4 is 5.91 Å². The molecule has 1 aliphatic rings. The van der Waals surface area contributed by atoms with Crippen LogP contribution in [0.25, 0.3) is 0 Å². The molecule has 1 aromatic rings. The molecule has 1 amide bonds. The lowest BCUT2D eigenvalue weighted by Gasteiger charge is -2.21. The molecule has 0 aliphatic heterocycles. The Morgan fingerprint density at radius 3 is 2.50 bits per heavy atom. The van der Waals surface area contributed by atoms with Gasteiger partial charge in [0.1, 0.15) is 0 Å². The molecule has 0 spiro atoms. The fourth-order valence-electron chi connectivity index (χ4n) is 2.42. The molecule has 1 aliphatic carbocycles. The van der Waals surface area contributed by atoms with Gasteiger partial charge in [0.15, 0.2) is 0 Å². The summed E-state index contributed by atoms with van der Waals surface area (Å²) >= 11 is 0. The van der Waals surface area contributed by atoms with E-state index in [1.54, 1.807) is 0 Å². The SMILES string of the molecule is CC(C)CC(NCCNC(=O)C1CC1)c1ccccc1. The molecule has 0 heterocycles. The highest BCUT2D eigenvalue weighted by molar-refractivity contribution is 5.80. The zero-order valence-corrected chi connectivity index (χ0v) is 12.6. The first-order valence-corrected chi connectivity index (χ1v) is 7.73. The van der Waals surface area contributed by atoms with Gasteiger partial charge in [0.05, 0.1) is 0 Å². The first-order chi connectivity index (χ1) is 9.66. The van der Waals surface area contributed by atoms with Gasteiger partial charge in [-0.2, -0.15) is 0 Å². The lowest BCUT2D eigenvalue weighted by Crippen LogP contribution is -2.34. The molecule has 3 nitrogen and oxygen atoms in total. The molecule has 110 valence electrons. The summed E-state index contributed by atoms with van der Waals surface area (Å²) in [5, 5.41) is 6.57. The van der Waals surface area contributed by atoms with Crippen LogP contribution in [0.1, 0.15) is 44.7 Å². The van der Waals surface area contributed by atoms with Crippen LogP contribution in [-0.4, -0.2) is 19.0 Å². The summed E-state index contributed by atoms with van der Waals surface area (Å²) in [6.45, 7) is 6.03. The fraction of sp³-hybridized carbons (Fsp3) is 0.588. The third-order valence-electron chi connectivity index (χ3n) is 3.67. The van der Waals surface area contributed by atoms with Crippen LogP contribution < -0.4 is 10.6 Å². The maximum Gasteiger partial charge on any atom is 0.223 e. The van der Waals surface area contributed by atoms with Crippen molar-refractivity contribution in [1.29, 1.82) is 0 Å². The average molecular weight is 274 g/mol. The smallest absolute Gasteiger partial charge is 0.223 e. The van der Waals surface area contributed by atoms with Gasteiger partial charge < -0.3 is 10.6 Å². The predicted octanol–water partition coefficient (Wildman–Crippen LogP) is 2.89. The van der Waals surface area contributed by atoms with Crippen molar-refractivity contribution in [2.24, 2.45) is 11.8 Å². The number of carbonyl (C=O) groups is 1. The molecule has 2 N–H and O–H groups in total. The van der Waals surface area contributed by atoms with Crippen molar-refractivity contribution in [2.75, 3.05) is 13.1 Å². The lowest BCUT2D eigenvalue weighted by atomic mass is 9.97. The van der Waals surface area contributed by atoms with Crippen LogP contribution in [-0.2, 0) is 4.79 Å². The van der Waals surface area contributed by atoms with Crippen molar-refractivity contribution in [3.8, 4) is 0 Å². The zero-order chi connectivity index (χ0) is 14.4. The van der Waals surface area contributed by atoms with Gasteiger partial charge in [-0.1, -0.05) is 44.2 Å². The Hall–Kier alpha value is -1.35. The van der Waals surface area contributed by atoms with E-state index in [2.05, 4.69) is 48.7 Å². The highest BCUT2D eigenvalue weighted by atomic mass is 16.2. The van der Waals surface area contributed by atoms with Gasteiger partial charge in [0.25, 0.3) is 0 Å². The van der Waals surface area contributed by atoms with Crippen molar-refractivity contribution in [1.82, 2.24) is 10.6 Å². The molecule has 2 rings (SSSR count). The molecule has 0 saturated heterocycles. The van der Waals surface area contributed by atoms with E-state index in [1.807, 2.05) is 6.07 Å². The van der Waals surface area contributed by atoms with Gasteiger partial charge in [0.2, 0.25) is 5.91 Å². The molecule has 20 heavy (non-hydrogen) atoms. The van der Waals surface area contributed by atoms with E-state index >= 15 is 0 Å². The first-order valence-electron chi connectivity index (χ1n) is 7.73. The second kappa shape index (κ2) is 7.44. The first kappa shape index (κ1) is 15.0. The Kier molecular flexibility index (Phi) is 5.60.